The quantitative estimate of drug-likeness (QED) is 0.534. The molecule has 1 aliphatic heterocycles. The van der Waals surface area contributed by atoms with Crippen molar-refractivity contribution < 1.29 is 14.3 Å². The molecule has 0 saturated heterocycles. The fourth-order valence-corrected chi connectivity index (χ4v) is 4.12. The van der Waals surface area contributed by atoms with E-state index in [2.05, 4.69) is 15.5 Å². The molecule has 1 aliphatic rings. The molecule has 7 nitrogen and oxygen atoms in total. The summed E-state index contributed by atoms with van der Waals surface area (Å²) in [6.45, 7) is 5.90. The summed E-state index contributed by atoms with van der Waals surface area (Å²) >= 11 is 1.27. The van der Waals surface area contributed by atoms with Crippen molar-refractivity contribution in [3.05, 3.63) is 46.0 Å². The molecule has 1 aromatic carbocycles. The molecule has 0 unspecified atom stereocenters. The average molecular weight is 382 g/mol. The van der Waals surface area contributed by atoms with Crippen LogP contribution in [0.5, 0.6) is 11.5 Å². The van der Waals surface area contributed by atoms with E-state index < -0.39 is 0 Å². The number of benzene rings is 1. The van der Waals surface area contributed by atoms with Gasteiger partial charge in [-0.15, -0.1) is 11.3 Å². The lowest BCUT2D eigenvalue weighted by atomic mass is 10.1. The lowest BCUT2D eigenvalue weighted by molar-refractivity contribution is 0.0959. The van der Waals surface area contributed by atoms with Crippen LogP contribution in [-0.2, 0) is 0 Å². The van der Waals surface area contributed by atoms with Gasteiger partial charge in [-0.2, -0.15) is 5.10 Å². The van der Waals surface area contributed by atoms with Gasteiger partial charge in [-0.25, -0.2) is 10.4 Å². The van der Waals surface area contributed by atoms with Crippen molar-refractivity contribution in [1.82, 2.24) is 10.4 Å². The molecule has 0 spiro atoms. The summed E-state index contributed by atoms with van der Waals surface area (Å²) in [5.41, 5.74) is 12.6. The third-order valence-corrected chi connectivity index (χ3v) is 5.44. The summed E-state index contributed by atoms with van der Waals surface area (Å²) in [4.78, 5) is 18.2. The topological polar surface area (TPSA) is 98.8 Å². The fourth-order valence-electron chi connectivity index (χ4n) is 3.01. The second-order valence-corrected chi connectivity index (χ2v) is 7.31. The summed E-state index contributed by atoms with van der Waals surface area (Å²) in [5.74, 6) is 1.01. The van der Waals surface area contributed by atoms with Crippen LogP contribution in [0, 0.1) is 13.8 Å². The van der Waals surface area contributed by atoms with Gasteiger partial charge >= 0.3 is 0 Å². The van der Waals surface area contributed by atoms with Crippen molar-refractivity contribution in [3.8, 4) is 11.5 Å². The molecule has 0 radical (unpaired) electrons. The minimum Gasteiger partial charge on any atom is -0.454 e. The van der Waals surface area contributed by atoms with Crippen LogP contribution in [0.4, 0.5) is 5.69 Å². The largest absolute Gasteiger partial charge is 0.454 e. The Bertz CT molecular complexity index is 1100. The van der Waals surface area contributed by atoms with Crippen molar-refractivity contribution in [3.63, 3.8) is 0 Å². The van der Waals surface area contributed by atoms with Gasteiger partial charge in [0.1, 0.15) is 9.71 Å². The number of hydrogen-bond acceptors (Lipinski definition) is 7. The van der Waals surface area contributed by atoms with Gasteiger partial charge in [-0.1, -0.05) is 0 Å². The number of aromatic nitrogens is 1. The highest BCUT2D eigenvalue weighted by Crippen LogP contribution is 2.35. The molecule has 138 valence electrons. The van der Waals surface area contributed by atoms with Crippen molar-refractivity contribution in [1.29, 1.82) is 0 Å². The first-order chi connectivity index (χ1) is 12.9. The van der Waals surface area contributed by atoms with Gasteiger partial charge in [0.05, 0.1) is 11.4 Å². The number of carbonyl (C=O) groups is 1. The predicted octanol–water partition coefficient (Wildman–Crippen LogP) is 3.38. The minimum atomic E-state index is -0.354. The highest BCUT2D eigenvalue weighted by Gasteiger charge is 2.19. The zero-order chi connectivity index (χ0) is 19.1. The number of aryl methyl sites for hydroxylation is 2. The molecule has 2 aromatic heterocycles. The second kappa shape index (κ2) is 6.55. The zero-order valence-corrected chi connectivity index (χ0v) is 15.9. The van der Waals surface area contributed by atoms with Gasteiger partial charge in [0.25, 0.3) is 5.91 Å². The van der Waals surface area contributed by atoms with E-state index in [1.54, 1.807) is 6.92 Å². The van der Waals surface area contributed by atoms with Gasteiger partial charge in [-0.3, -0.25) is 4.79 Å². The molecule has 0 bridgehead atoms. The van der Waals surface area contributed by atoms with Crippen LogP contribution >= 0.6 is 11.3 Å². The number of nitrogens with two attached hydrogens (primary N) is 1. The van der Waals surface area contributed by atoms with E-state index in [0.717, 1.165) is 27.0 Å². The number of pyridine rings is 1. The Hall–Kier alpha value is -3.13. The number of anilines is 1. The summed E-state index contributed by atoms with van der Waals surface area (Å²) in [6, 6.07) is 7.47. The van der Waals surface area contributed by atoms with Crippen molar-refractivity contribution in [2.24, 2.45) is 5.10 Å². The van der Waals surface area contributed by atoms with Crippen molar-refractivity contribution in [2.75, 3.05) is 12.5 Å². The van der Waals surface area contributed by atoms with E-state index in [1.165, 1.54) is 11.3 Å². The molecule has 3 heterocycles. The number of nitrogens with zero attached hydrogens (tertiary/aromatic N) is 2. The molecule has 0 aliphatic carbocycles. The Kier molecular flexibility index (Phi) is 4.19. The molecule has 3 aromatic rings. The number of hydrazone groups is 1. The van der Waals surface area contributed by atoms with Gasteiger partial charge in [0.15, 0.2) is 11.5 Å². The zero-order valence-electron chi connectivity index (χ0n) is 15.1. The SMILES string of the molecule is CC(=NNC(=O)c1sc2nc(C)cc(C)c2c1N)c1ccc2c(c1)OCO2. The number of carbonyl (C=O) groups excluding carboxylic acids is 1. The Balaban J connectivity index is 1.59. The summed E-state index contributed by atoms with van der Waals surface area (Å²) in [7, 11) is 0. The smallest absolute Gasteiger partial charge is 0.283 e. The van der Waals surface area contributed by atoms with Gasteiger partial charge in [0.2, 0.25) is 6.79 Å². The Morgan fingerprint density at radius 1 is 1.26 bits per heavy atom. The van der Waals surface area contributed by atoms with E-state index >= 15 is 0 Å². The van der Waals surface area contributed by atoms with E-state index in [-0.39, 0.29) is 12.7 Å². The molecular formula is C19H18N4O3S. The van der Waals surface area contributed by atoms with Crippen LogP contribution in [0.1, 0.15) is 33.4 Å². The Morgan fingerprint density at radius 2 is 2.04 bits per heavy atom. The summed E-state index contributed by atoms with van der Waals surface area (Å²) in [5, 5.41) is 5.03. The van der Waals surface area contributed by atoms with Crippen LogP contribution in [0.15, 0.2) is 29.4 Å². The molecule has 27 heavy (non-hydrogen) atoms. The van der Waals surface area contributed by atoms with Crippen LogP contribution in [0.3, 0.4) is 0 Å². The van der Waals surface area contributed by atoms with Gasteiger partial charge in [-0.05, 0) is 50.6 Å². The van der Waals surface area contributed by atoms with Crippen LogP contribution < -0.4 is 20.6 Å². The fraction of sp³-hybridized carbons (Fsp3) is 0.211. The third kappa shape index (κ3) is 3.08. The number of nitrogens with one attached hydrogen (secondary N) is 1. The highest BCUT2D eigenvalue weighted by molar-refractivity contribution is 7.21. The third-order valence-electron chi connectivity index (χ3n) is 4.35. The number of rotatable bonds is 3. The first kappa shape index (κ1) is 17.3. The number of thiophene rings is 1. The number of ether oxygens (including phenoxy) is 2. The molecule has 4 rings (SSSR count). The van der Waals surface area contributed by atoms with E-state index in [9.17, 15) is 4.79 Å². The minimum absolute atomic E-state index is 0.212. The molecule has 1 amide bonds. The number of amides is 1. The van der Waals surface area contributed by atoms with Crippen molar-refractivity contribution >= 4 is 38.9 Å². The lowest BCUT2D eigenvalue weighted by Gasteiger charge is -2.04. The monoisotopic (exact) mass is 382 g/mol. The molecule has 0 atom stereocenters. The van der Waals surface area contributed by atoms with Crippen molar-refractivity contribution in [2.45, 2.75) is 20.8 Å². The molecular weight excluding hydrogens is 364 g/mol. The predicted molar refractivity (Wildman–Crippen MR) is 106 cm³/mol. The van der Waals surface area contributed by atoms with Gasteiger partial charge in [0, 0.05) is 16.6 Å². The highest BCUT2D eigenvalue weighted by atomic mass is 32.1. The Labute approximate surface area is 159 Å². The Morgan fingerprint density at radius 3 is 2.85 bits per heavy atom. The van der Waals surface area contributed by atoms with Crippen LogP contribution in [-0.4, -0.2) is 23.4 Å². The maximum Gasteiger partial charge on any atom is 0.283 e. The number of fused-ring (bicyclic) bond motifs is 2. The first-order valence-electron chi connectivity index (χ1n) is 8.35. The number of nitrogen functional groups attached to an aromatic ring is 1. The van der Waals surface area contributed by atoms with Gasteiger partial charge < -0.3 is 15.2 Å². The second-order valence-electron chi connectivity index (χ2n) is 6.31. The van der Waals surface area contributed by atoms with E-state index in [4.69, 9.17) is 15.2 Å². The normalized spacial score (nSPS) is 13.2. The average Bonchev–Trinajstić information content (AvgIpc) is 3.23. The molecule has 0 fully saturated rings. The molecule has 3 N–H and O–H groups in total. The summed E-state index contributed by atoms with van der Waals surface area (Å²) < 4.78 is 10.7. The maximum absolute atomic E-state index is 12.6. The lowest BCUT2D eigenvalue weighted by Crippen LogP contribution is -2.19. The summed E-state index contributed by atoms with van der Waals surface area (Å²) in [6.07, 6.45) is 0. The molecule has 0 saturated carbocycles. The number of hydrogen-bond donors (Lipinski definition) is 2. The standard InChI is InChI=1S/C19H18N4O3S/c1-9-6-10(2)21-19-15(9)16(20)17(27-19)18(24)23-22-11(3)12-4-5-13-14(7-12)26-8-25-13/h4-7H,8,20H2,1-3H3,(H,23,24). The van der Waals surface area contributed by atoms with E-state index in [1.807, 2.05) is 38.1 Å². The van der Waals surface area contributed by atoms with Crippen LogP contribution in [0.25, 0.3) is 10.2 Å². The first-order valence-corrected chi connectivity index (χ1v) is 9.16. The molecule has 8 heteroatoms. The maximum atomic E-state index is 12.6. The van der Waals surface area contributed by atoms with Crippen LogP contribution in [0.2, 0.25) is 0 Å². The van der Waals surface area contributed by atoms with E-state index in [0.29, 0.717) is 27.8 Å².